The summed E-state index contributed by atoms with van der Waals surface area (Å²) in [6.45, 7) is -0.567. The van der Waals surface area contributed by atoms with E-state index < -0.39 is 24.3 Å². The van der Waals surface area contributed by atoms with Gasteiger partial charge in [0, 0.05) is 11.8 Å². The minimum atomic E-state index is -1.25. The average Bonchev–Trinajstić information content (AvgIpc) is 2.77. The molecule has 1 aromatic rings. The van der Waals surface area contributed by atoms with Crippen molar-refractivity contribution >= 4 is 23.2 Å². The highest BCUT2D eigenvalue weighted by atomic mass is 35.5. The van der Waals surface area contributed by atoms with E-state index >= 15 is 0 Å². The highest BCUT2D eigenvalue weighted by Crippen LogP contribution is 2.31. The van der Waals surface area contributed by atoms with E-state index in [4.69, 9.17) is 22.4 Å². The number of fused-ring (bicyclic) bond motifs is 1. The second-order valence-electron chi connectivity index (χ2n) is 3.58. The molecule has 1 heterocycles. The molecule has 6 nitrogen and oxygen atoms in total. The Morgan fingerprint density at radius 1 is 1.41 bits per heavy atom. The quantitative estimate of drug-likeness (QED) is 0.586. The van der Waals surface area contributed by atoms with Crippen LogP contribution in [0.15, 0.2) is 16.9 Å². The Morgan fingerprint density at radius 3 is 2.65 bits per heavy atom. The molecule has 1 aliphatic carbocycles. The van der Waals surface area contributed by atoms with E-state index in [0.29, 0.717) is 0 Å². The van der Waals surface area contributed by atoms with E-state index in [9.17, 15) is 14.7 Å². The van der Waals surface area contributed by atoms with Gasteiger partial charge in [0.1, 0.15) is 22.5 Å². The SMILES string of the molecule is NC1=C(Cl)C(=O)c2c([C@H](O)CO)c[nH]c2C1=O. The number of aliphatic hydroxyl groups is 2. The van der Waals surface area contributed by atoms with Crippen molar-refractivity contribution in [3.05, 3.63) is 33.7 Å². The Labute approximate surface area is 101 Å². The highest BCUT2D eigenvalue weighted by Gasteiger charge is 2.34. The number of H-pyrrole nitrogens is 1. The van der Waals surface area contributed by atoms with Gasteiger partial charge in [0.25, 0.3) is 0 Å². The molecule has 0 aliphatic heterocycles. The van der Waals surface area contributed by atoms with Crippen molar-refractivity contribution in [2.75, 3.05) is 6.61 Å². The lowest BCUT2D eigenvalue weighted by molar-refractivity contribution is 0.0910. The third-order valence-corrected chi connectivity index (χ3v) is 2.95. The van der Waals surface area contributed by atoms with Crippen LogP contribution < -0.4 is 5.73 Å². The number of allylic oxidation sites excluding steroid dienone is 2. The Morgan fingerprint density at radius 2 is 2.06 bits per heavy atom. The zero-order valence-electron chi connectivity index (χ0n) is 8.53. The van der Waals surface area contributed by atoms with Crippen LogP contribution in [0.25, 0.3) is 0 Å². The molecule has 1 aliphatic rings. The second kappa shape index (κ2) is 3.99. The number of carbonyl (C=O) groups excluding carboxylic acids is 2. The number of ketones is 2. The second-order valence-corrected chi connectivity index (χ2v) is 3.96. The maximum atomic E-state index is 11.8. The molecule has 0 aromatic carbocycles. The first-order chi connectivity index (χ1) is 7.99. The largest absolute Gasteiger partial charge is 0.394 e. The first-order valence-electron chi connectivity index (χ1n) is 4.73. The lowest BCUT2D eigenvalue weighted by atomic mass is 9.94. The number of hydrogen-bond donors (Lipinski definition) is 4. The molecule has 1 atom stereocenters. The van der Waals surface area contributed by atoms with Gasteiger partial charge in [-0.05, 0) is 0 Å². The number of Topliss-reactive ketones (excluding diaryl/α,β-unsaturated/α-hetero) is 2. The van der Waals surface area contributed by atoms with Gasteiger partial charge in [0.2, 0.25) is 11.6 Å². The lowest BCUT2D eigenvalue weighted by Crippen LogP contribution is -2.25. The van der Waals surface area contributed by atoms with Crippen LogP contribution in [0.4, 0.5) is 0 Å². The van der Waals surface area contributed by atoms with E-state index in [0.717, 1.165) is 0 Å². The summed E-state index contributed by atoms with van der Waals surface area (Å²) in [6, 6.07) is 0. The van der Waals surface area contributed by atoms with Crippen molar-refractivity contribution in [2.24, 2.45) is 5.73 Å². The van der Waals surface area contributed by atoms with Gasteiger partial charge in [0.05, 0.1) is 12.2 Å². The summed E-state index contributed by atoms with van der Waals surface area (Å²) in [4.78, 5) is 26.1. The topological polar surface area (TPSA) is 116 Å². The number of nitrogens with two attached hydrogens (primary N) is 1. The van der Waals surface area contributed by atoms with Gasteiger partial charge < -0.3 is 20.9 Å². The fraction of sp³-hybridized carbons (Fsp3) is 0.200. The van der Waals surface area contributed by atoms with Crippen LogP contribution in [0.3, 0.4) is 0 Å². The normalized spacial score (nSPS) is 17.4. The smallest absolute Gasteiger partial charge is 0.227 e. The molecule has 17 heavy (non-hydrogen) atoms. The van der Waals surface area contributed by atoms with Gasteiger partial charge in [-0.1, -0.05) is 11.6 Å². The molecule has 0 amide bonds. The Bertz CT molecular complexity index is 547. The summed E-state index contributed by atoms with van der Waals surface area (Å²) in [5.41, 5.74) is 5.15. The molecular formula is C10H9ClN2O4. The van der Waals surface area contributed by atoms with E-state index in [2.05, 4.69) is 4.98 Å². The van der Waals surface area contributed by atoms with Crippen molar-refractivity contribution in [1.82, 2.24) is 4.98 Å². The summed E-state index contributed by atoms with van der Waals surface area (Å²) in [6.07, 6.45) is 0.0277. The average molecular weight is 257 g/mol. The van der Waals surface area contributed by atoms with E-state index in [1.165, 1.54) is 6.20 Å². The Kier molecular flexibility index (Phi) is 2.78. The maximum absolute atomic E-state index is 11.8. The number of rotatable bonds is 2. The van der Waals surface area contributed by atoms with Crippen molar-refractivity contribution in [2.45, 2.75) is 6.10 Å². The summed E-state index contributed by atoms with van der Waals surface area (Å²) in [5.74, 6) is -1.23. The van der Waals surface area contributed by atoms with Crippen molar-refractivity contribution in [3.63, 3.8) is 0 Å². The third-order valence-electron chi connectivity index (χ3n) is 2.58. The molecule has 0 spiro atoms. The maximum Gasteiger partial charge on any atom is 0.227 e. The third kappa shape index (κ3) is 1.57. The lowest BCUT2D eigenvalue weighted by Gasteiger charge is -2.14. The molecule has 0 fully saturated rings. The standard InChI is InChI=1S/C10H9ClN2O4/c11-6-7(12)10(17)8-5(9(6)16)3(1-13-8)4(15)2-14/h1,4,13-15H,2,12H2/t4-/m1/s1. The predicted molar refractivity (Wildman–Crippen MR) is 58.6 cm³/mol. The molecule has 7 heteroatoms. The summed E-state index contributed by atoms with van der Waals surface area (Å²) < 4.78 is 0. The van der Waals surface area contributed by atoms with Crippen LogP contribution in [0.2, 0.25) is 0 Å². The number of aromatic nitrogens is 1. The van der Waals surface area contributed by atoms with Crippen LogP contribution in [-0.2, 0) is 0 Å². The molecular weight excluding hydrogens is 248 g/mol. The Hall–Kier alpha value is -1.63. The van der Waals surface area contributed by atoms with Crippen LogP contribution in [0.1, 0.15) is 32.5 Å². The zero-order valence-corrected chi connectivity index (χ0v) is 9.28. The molecule has 1 aromatic heterocycles. The molecule has 90 valence electrons. The summed E-state index contributed by atoms with van der Waals surface area (Å²) in [7, 11) is 0. The van der Waals surface area contributed by atoms with Gasteiger partial charge in [-0.15, -0.1) is 0 Å². The fourth-order valence-electron chi connectivity index (χ4n) is 1.69. The van der Waals surface area contributed by atoms with E-state index in [-0.39, 0.29) is 27.6 Å². The van der Waals surface area contributed by atoms with Crippen molar-refractivity contribution < 1.29 is 19.8 Å². The number of hydrogen-bond acceptors (Lipinski definition) is 5. The van der Waals surface area contributed by atoms with E-state index in [1.807, 2.05) is 0 Å². The number of aromatic amines is 1. The van der Waals surface area contributed by atoms with Crippen LogP contribution in [-0.4, -0.2) is 33.4 Å². The highest BCUT2D eigenvalue weighted by molar-refractivity contribution is 6.49. The number of nitrogens with one attached hydrogen (secondary N) is 1. The minimum absolute atomic E-state index is 0.0144. The molecule has 0 saturated heterocycles. The molecule has 5 N–H and O–H groups in total. The molecule has 0 saturated carbocycles. The number of halogens is 1. The number of carbonyl (C=O) groups is 2. The zero-order chi connectivity index (χ0) is 12.7. The summed E-state index contributed by atoms with van der Waals surface area (Å²) >= 11 is 5.64. The minimum Gasteiger partial charge on any atom is -0.394 e. The van der Waals surface area contributed by atoms with Crippen molar-refractivity contribution in [1.29, 1.82) is 0 Å². The van der Waals surface area contributed by atoms with E-state index in [1.54, 1.807) is 0 Å². The van der Waals surface area contributed by atoms with Crippen LogP contribution in [0.5, 0.6) is 0 Å². The predicted octanol–water partition coefficient (Wildman–Crippen LogP) is -0.171. The van der Waals surface area contributed by atoms with Crippen LogP contribution in [0, 0.1) is 0 Å². The van der Waals surface area contributed by atoms with Gasteiger partial charge >= 0.3 is 0 Å². The first-order valence-corrected chi connectivity index (χ1v) is 5.11. The summed E-state index contributed by atoms with van der Waals surface area (Å²) in [5, 5.41) is 18.0. The van der Waals surface area contributed by atoms with Gasteiger partial charge in [-0.25, -0.2) is 0 Å². The molecule has 0 radical (unpaired) electrons. The molecule has 2 rings (SSSR count). The van der Waals surface area contributed by atoms with Crippen molar-refractivity contribution in [3.8, 4) is 0 Å². The molecule has 0 bridgehead atoms. The molecule has 0 unspecified atom stereocenters. The number of aliphatic hydroxyl groups excluding tert-OH is 2. The van der Waals surface area contributed by atoms with Crippen LogP contribution >= 0.6 is 11.6 Å². The van der Waals surface area contributed by atoms with Gasteiger partial charge in [-0.2, -0.15) is 0 Å². The van der Waals surface area contributed by atoms with Gasteiger partial charge in [0.15, 0.2) is 0 Å². The Balaban J connectivity index is 2.63. The van der Waals surface area contributed by atoms with Gasteiger partial charge in [-0.3, -0.25) is 9.59 Å². The monoisotopic (exact) mass is 256 g/mol. The fourth-order valence-corrected chi connectivity index (χ4v) is 1.87. The first kappa shape index (κ1) is 11.8.